The monoisotopic (exact) mass is 462 g/mol. The van der Waals surface area contributed by atoms with E-state index in [-0.39, 0.29) is 19.4 Å². The van der Waals surface area contributed by atoms with E-state index in [0.717, 1.165) is 10.9 Å². The molecule has 0 bridgehead atoms. The average Bonchev–Trinajstić information content (AvgIpc) is 2.96. The van der Waals surface area contributed by atoms with Crippen molar-refractivity contribution in [3.8, 4) is 0 Å². The third-order valence-electron chi connectivity index (χ3n) is 3.74. The van der Waals surface area contributed by atoms with Crippen LogP contribution in [0.2, 0.25) is 0 Å². The van der Waals surface area contributed by atoms with Crippen molar-refractivity contribution in [2.24, 2.45) is 5.92 Å². The second-order valence-corrected chi connectivity index (χ2v) is 6.77. The number of H-pyrrole nitrogens is 1. The SMILES string of the molecule is COC(=O)CC(Cc1cc(Br)c2n[nH]c(Br)c2c1CO)C(=O)OC. The molecule has 9 heteroatoms. The molecule has 2 aromatic rings. The topological polar surface area (TPSA) is 102 Å². The van der Waals surface area contributed by atoms with Crippen LogP contribution in [-0.2, 0) is 32.1 Å². The number of aliphatic hydroxyl groups excluding tert-OH is 1. The number of hydrogen-bond donors (Lipinski definition) is 2. The Bertz CT molecular complexity index is 775. The Hall–Kier alpha value is -1.45. The first-order valence-corrected chi connectivity index (χ1v) is 8.60. The molecule has 1 unspecified atom stereocenters. The standard InChI is InChI=1S/C15H16Br2N2O5/c1-23-11(21)5-8(15(22)24-2)3-7-4-10(16)13-12(9(7)6-20)14(17)19-18-13/h4,8,20H,3,5-6H2,1-2H3,(H,18,19). The molecule has 0 amide bonds. The number of rotatable bonds is 6. The van der Waals surface area contributed by atoms with E-state index in [2.05, 4.69) is 46.8 Å². The van der Waals surface area contributed by atoms with E-state index >= 15 is 0 Å². The molecular weight excluding hydrogens is 448 g/mol. The molecule has 1 aromatic carbocycles. The van der Waals surface area contributed by atoms with Gasteiger partial charge in [-0.1, -0.05) is 0 Å². The smallest absolute Gasteiger partial charge is 0.309 e. The molecule has 2 rings (SSSR count). The summed E-state index contributed by atoms with van der Waals surface area (Å²) in [6.07, 6.45) is 0.125. The lowest BCUT2D eigenvalue weighted by Gasteiger charge is -2.16. The zero-order chi connectivity index (χ0) is 17.9. The van der Waals surface area contributed by atoms with Crippen molar-refractivity contribution in [1.29, 1.82) is 0 Å². The Balaban J connectivity index is 2.47. The number of benzene rings is 1. The van der Waals surface area contributed by atoms with Crippen LogP contribution in [0, 0.1) is 5.92 Å². The second-order valence-electron chi connectivity index (χ2n) is 5.12. The molecular formula is C15H16Br2N2O5. The van der Waals surface area contributed by atoms with E-state index in [0.29, 0.717) is 20.2 Å². The zero-order valence-corrected chi connectivity index (χ0v) is 16.2. The number of hydrogen-bond acceptors (Lipinski definition) is 6. The Morgan fingerprint density at radius 1 is 1.33 bits per heavy atom. The lowest BCUT2D eigenvalue weighted by Crippen LogP contribution is -2.23. The minimum absolute atomic E-state index is 0.101. The van der Waals surface area contributed by atoms with Crippen molar-refractivity contribution >= 4 is 54.7 Å². The van der Waals surface area contributed by atoms with Crippen LogP contribution in [0.3, 0.4) is 0 Å². The Morgan fingerprint density at radius 3 is 2.62 bits per heavy atom. The number of nitrogens with zero attached hydrogens (tertiary/aromatic N) is 1. The Morgan fingerprint density at radius 2 is 2.04 bits per heavy atom. The summed E-state index contributed by atoms with van der Waals surface area (Å²) in [4.78, 5) is 23.6. The van der Waals surface area contributed by atoms with E-state index in [1.54, 1.807) is 6.07 Å². The van der Waals surface area contributed by atoms with Gasteiger partial charge in [0.2, 0.25) is 0 Å². The normalized spacial score (nSPS) is 12.2. The summed E-state index contributed by atoms with van der Waals surface area (Å²) in [7, 11) is 2.53. The van der Waals surface area contributed by atoms with Crippen LogP contribution >= 0.6 is 31.9 Å². The maximum absolute atomic E-state index is 12.0. The van der Waals surface area contributed by atoms with E-state index in [9.17, 15) is 14.7 Å². The van der Waals surface area contributed by atoms with Crippen molar-refractivity contribution in [1.82, 2.24) is 10.2 Å². The van der Waals surface area contributed by atoms with Crippen molar-refractivity contribution in [2.45, 2.75) is 19.4 Å². The Kier molecular flexibility index (Phi) is 6.36. The van der Waals surface area contributed by atoms with Crippen molar-refractivity contribution in [3.05, 3.63) is 26.3 Å². The van der Waals surface area contributed by atoms with Crippen LogP contribution in [0.5, 0.6) is 0 Å². The summed E-state index contributed by atoms with van der Waals surface area (Å²) in [5.74, 6) is -1.71. The number of carbonyl (C=O) groups excluding carboxylic acids is 2. The molecule has 1 atom stereocenters. The van der Waals surface area contributed by atoms with Gasteiger partial charge in [0.1, 0.15) is 10.1 Å². The summed E-state index contributed by atoms with van der Waals surface area (Å²) in [5.41, 5.74) is 2.02. The van der Waals surface area contributed by atoms with Gasteiger partial charge < -0.3 is 14.6 Å². The number of aromatic nitrogens is 2. The predicted molar refractivity (Wildman–Crippen MR) is 93.3 cm³/mol. The summed E-state index contributed by atoms with van der Waals surface area (Å²) in [6.45, 7) is -0.233. The maximum atomic E-state index is 12.0. The molecule has 0 radical (unpaired) electrons. The van der Waals surface area contributed by atoms with Gasteiger partial charge in [-0.3, -0.25) is 14.7 Å². The average molecular weight is 464 g/mol. The number of ether oxygens (including phenoxy) is 2. The third kappa shape index (κ3) is 3.79. The minimum atomic E-state index is -0.706. The molecule has 0 aliphatic carbocycles. The van der Waals surface area contributed by atoms with Crippen molar-refractivity contribution < 1.29 is 24.2 Å². The summed E-state index contributed by atoms with van der Waals surface area (Å²) in [5, 5.41) is 17.5. The minimum Gasteiger partial charge on any atom is -0.469 e. The lowest BCUT2D eigenvalue weighted by molar-refractivity contribution is -0.152. The third-order valence-corrected chi connectivity index (χ3v) is 4.92. The summed E-state index contributed by atoms with van der Waals surface area (Å²) in [6, 6.07) is 1.79. The molecule has 7 nitrogen and oxygen atoms in total. The van der Waals surface area contributed by atoms with Crippen LogP contribution in [-0.4, -0.2) is 41.5 Å². The van der Waals surface area contributed by atoms with Crippen LogP contribution < -0.4 is 0 Å². The number of nitrogens with one attached hydrogen (secondary N) is 1. The fourth-order valence-corrected chi connectivity index (χ4v) is 3.64. The largest absolute Gasteiger partial charge is 0.469 e. The number of methoxy groups -OCH3 is 2. The van der Waals surface area contributed by atoms with Gasteiger partial charge in [-0.25, -0.2) is 0 Å². The number of esters is 2. The van der Waals surface area contributed by atoms with Crippen LogP contribution in [0.25, 0.3) is 10.9 Å². The first-order valence-electron chi connectivity index (χ1n) is 7.02. The van der Waals surface area contributed by atoms with Gasteiger partial charge in [0.05, 0.1) is 33.2 Å². The zero-order valence-electron chi connectivity index (χ0n) is 13.1. The van der Waals surface area contributed by atoms with Crippen LogP contribution in [0.1, 0.15) is 17.5 Å². The van der Waals surface area contributed by atoms with E-state index in [4.69, 9.17) is 4.74 Å². The highest BCUT2D eigenvalue weighted by Crippen LogP contribution is 2.34. The van der Waals surface area contributed by atoms with Crippen molar-refractivity contribution in [3.63, 3.8) is 0 Å². The molecule has 0 saturated carbocycles. The Labute approximate surface area is 155 Å². The fraction of sp³-hybridized carbons (Fsp3) is 0.400. The number of aliphatic hydroxyl groups is 1. The number of fused-ring (bicyclic) bond motifs is 1. The first kappa shape index (κ1) is 18.9. The molecule has 0 spiro atoms. The van der Waals surface area contributed by atoms with Gasteiger partial charge in [0, 0.05) is 9.86 Å². The number of carbonyl (C=O) groups is 2. The second kappa shape index (κ2) is 8.09. The maximum Gasteiger partial charge on any atom is 0.309 e. The fourth-order valence-electron chi connectivity index (χ4n) is 2.56. The van der Waals surface area contributed by atoms with Crippen LogP contribution in [0.4, 0.5) is 0 Å². The predicted octanol–water partition coefficient (Wildman–Crippen LogP) is 2.48. The van der Waals surface area contributed by atoms with E-state index in [1.807, 2.05) is 0 Å². The molecule has 0 aliphatic heterocycles. The highest BCUT2D eigenvalue weighted by Gasteiger charge is 2.26. The highest BCUT2D eigenvalue weighted by atomic mass is 79.9. The lowest BCUT2D eigenvalue weighted by atomic mass is 9.92. The quantitative estimate of drug-likeness (QED) is 0.638. The molecule has 24 heavy (non-hydrogen) atoms. The van der Waals surface area contributed by atoms with Crippen molar-refractivity contribution in [2.75, 3.05) is 14.2 Å². The van der Waals surface area contributed by atoms with Crippen LogP contribution in [0.15, 0.2) is 15.1 Å². The molecule has 0 aliphatic rings. The first-order chi connectivity index (χ1) is 11.4. The number of aromatic amines is 1. The summed E-state index contributed by atoms with van der Waals surface area (Å²) < 4.78 is 10.8. The van der Waals surface area contributed by atoms with E-state index < -0.39 is 17.9 Å². The number of halogens is 2. The highest BCUT2D eigenvalue weighted by molar-refractivity contribution is 9.11. The van der Waals surface area contributed by atoms with Gasteiger partial charge in [-0.15, -0.1) is 0 Å². The van der Waals surface area contributed by atoms with Gasteiger partial charge in [-0.05, 0) is 55.5 Å². The van der Waals surface area contributed by atoms with Gasteiger partial charge in [0.15, 0.2) is 0 Å². The van der Waals surface area contributed by atoms with Gasteiger partial charge in [0.25, 0.3) is 0 Å². The molecule has 130 valence electrons. The molecule has 2 N–H and O–H groups in total. The molecule has 1 aromatic heterocycles. The molecule has 0 saturated heterocycles. The summed E-state index contributed by atoms with van der Waals surface area (Å²) >= 11 is 6.81. The molecule has 0 fully saturated rings. The van der Waals surface area contributed by atoms with E-state index in [1.165, 1.54) is 14.2 Å². The van der Waals surface area contributed by atoms with Gasteiger partial charge >= 0.3 is 11.9 Å². The van der Waals surface area contributed by atoms with Gasteiger partial charge in [-0.2, -0.15) is 5.10 Å². The molecule has 1 heterocycles.